The number of halogens is 1. The van der Waals surface area contributed by atoms with E-state index in [4.69, 9.17) is 8.83 Å². The molecule has 0 saturated heterocycles. The fraction of sp³-hybridized carbons (Fsp3) is 0. The summed E-state index contributed by atoms with van der Waals surface area (Å²) < 4.78 is 14.4. The van der Waals surface area contributed by atoms with Gasteiger partial charge in [-0.1, -0.05) is 115 Å². The molecule has 0 aliphatic carbocycles. The van der Waals surface area contributed by atoms with Crippen molar-refractivity contribution in [2.75, 3.05) is 0 Å². The van der Waals surface area contributed by atoms with Crippen LogP contribution < -0.4 is 0 Å². The third-order valence-electron chi connectivity index (χ3n) is 8.34. The minimum atomic E-state index is 0.860. The van der Waals surface area contributed by atoms with E-state index in [-0.39, 0.29) is 0 Å². The molecule has 0 aliphatic rings. The lowest BCUT2D eigenvalue weighted by molar-refractivity contribution is 0.664. The molecule has 3 heteroatoms. The first kappa shape index (κ1) is 22.9. The highest BCUT2D eigenvalue weighted by molar-refractivity contribution is 9.10. The van der Waals surface area contributed by atoms with Crippen LogP contribution in [0.25, 0.3) is 87.7 Å². The van der Waals surface area contributed by atoms with Crippen LogP contribution >= 0.6 is 15.9 Å². The van der Waals surface area contributed by atoms with Crippen LogP contribution in [-0.2, 0) is 0 Å². The van der Waals surface area contributed by atoms with Gasteiger partial charge in [-0.25, -0.2) is 0 Å². The third-order valence-corrected chi connectivity index (χ3v) is 9.20. The van der Waals surface area contributed by atoms with Crippen LogP contribution in [0.5, 0.6) is 0 Å². The van der Waals surface area contributed by atoms with Gasteiger partial charge in [-0.05, 0) is 55.2 Å². The van der Waals surface area contributed by atoms with Crippen molar-refractivity contribution in [2.24, 2.45) is 0 Å². The Morgan fingerprint density at radius 1 is 0.390 bits per heavy atom. The lowest BCUT2D eigenvalue weighted by Crippen LogP contribution is -1.88. The monoisotopic (exact) mass is 588 g/mol. The molecule has 0 unspecified atom stereocenters. The highest BCUT2D eigenvalue weighted by Gasteiger charge is 2.22. The van der Waals surface area contributed by atoms with Crippen molar-refractivity contribution in [2.45, 2.75) is 0 Å². The Morgan fingerprint density at radius 2 is 0.854 bits per heavy atom. The van der Waals surface area contributed by atoms with Gasteiger partial charge in [-0.15, -0.1) is 0 Å². The van der Waals surface area contributed by atoms with Gasteiger partial charge in [0.15, 0.2) is 0 Å². The minimum Gasteiger partial charge on any atom is -0.455 e. The van der Waals surface area contributed by atoms with Crippen molar-refractivity contribution in [1.29, 1.82) is 0 Å². The summed E-state index contributed by atoms with van der Waals surface area (Å²) in [4.78, 5) is 0. The van der Waals surface area contributed by atoms with E-state index < -0.39 is 0 Å². The molecule has 0 spiro atoms. The van der Waals surface area contributed by atoms with Crippen molar-refractivity contribution in [3.05, 3.63) is 132 Å². The Hall–Kier alpha value is -4.86. The molecular formula is C38H21BrO2. The summed E-state index contributed by atoms with van der Waals surface area (Å²) in [7, 11) is 0. The third kappa shape index (κ3) is 3.18. The molecule has 0 radical (unpaired) electrons. The van der Waals surface area contributed by atoms with Gasteiger partial charge in [0.1, 0.15) is 22.3 Å². The predicted molar refractivity (Wildman–Crippen MR) is 175 cm³/mol. The fourth-order valence-electron chi connectivity index (χ4n) is 6.58. The Labute approximate surface area is 243 Å². The molecule has 9 rings (SSSR count). The second-order valence-corrected chi connectivity index (χ2v) is 11.3. The summed E-state index contributed by atoms with van der Waals surface area (Å²) in [6, 6.07) is 44.6. The molecule has 0 bridgehead atoms. The molecule has 2 aromatic heterocycles. The summed E-state index contributed by atoms with van der Waals surface area (Å²) in [6.45, 7) is 0. The van der Waals surface area contributed by atoms with Crippen molar-refractivity contribution in [1.82, 2.24) is 0 Å². The van der Waals surface area contributed by atoms with Crippen LogP contribution in [0.3, 0.4) is 0 Å². The maximum absolute atomic E-state index is 6.75. The van der Waals surface area contributed by atoms with Gasteiger partial charge in [-0.3, -0.25) is 0 Å². The van der Waals surface area contributed by atoms with E-state index in [2.05, 4.69) is 125 Å². The second-order valence-electron chi connectivity index (χ2n) is 10.5. The number of rotatable bonds is 2. The van der Waals surface area contributed by atoms with Gasteiger partial charge in [-0.2, -0.15) is 0 Å². The quantitative estimate of drug-likeness (QED) is 0.188. The largest absolute Gasteiger partial charge is 0.455 e. The van der Waals surface area contributed by atoms with Gasteiger partial charge >= 0.3 is 0 Å². The molecule has 0 N–H and O–H groups in total. The van der Waals surface area contributed by atoms with E-state index in [9.17, 15) is 0 Å². The van der Waals surface area contributed by atoms with Crippen molar-refractivity contribution in [3.63, 3.8) is 0 Å². The van der Waals surface area contributed by atoms with Gasteiger partial charge in [0.05, 0.1) is 0 Å². The summed E-state index contributed by atoms with van der Waals surface area (Å²) in [5.41, 5.74) is 8.02. The normalized spacial score (nSPS) is 12.0. The van der Waals surface area contributed by atoms with E-state index in [0.29, 0.717) is 0 Å². The number of furan rings is 2. The minimum absolute atomic E-state index is 0.860. The lowest BCUT2D eigenvalue weighted by Gasteiger charge is -2.14. The molecule has 0 aliphatic heterocycles. The number of hydrogen-bond acceptors (Lipinski definition) is 2. The molecule has 2 heterocycles. The summed E-state index contributed by atoms with van der Waals surface area (Å²) in [5.74, 6) is 0. The average molecular weight is 589 g/mol. The summed E-state index contributed by atoms with van der Waals surface area (Å²) in [5, 5.41) is 9.13. The molecule has 0 amide bonds. The lowest BCUT2D eigenvalue weighted by atomic mass is 9.91. The van der Waals surface area contributed by atoms with E-state index in [1.165, 1.54) is 27.1 Å². The van der Waals surface area contributed by atoms with E-state index in [1.807, 2.05) is 18.2 Å². The summed E-state index contributed by atoms with van der Waals surface area (Å²) in [6.07, 6.45) is 0. The fourth-order valence-corrected chi connectivity index (χ4v) is 7.28. The smallest absolute Gasteiger partial charge is 0.143 e. The maximum atomic E-state index is 6.75. The zero-order valence-electron chi connectivity index (χ0n) is 21.8. The number of hydrogen-bond donors (Lipinski definition) is 0. The number of fused-ring (bicyclic) bond motifs is 9. The molecule has 41 heavy (non-hydrogen) atoms. The molecular weight excluding hydrogens is 568 g/mol. The van der Waals surface area contributed by atoms with Crippen LogP contribution in [-0.4, -0.2) is 0 Å². The van der Waals surface area contributed by atoms with Crippen LogP contribution in [0.4, 0.5) is 0 Å². The van der Waals surface area contributed by atoms with Gasteiger partial charge < -0.3 is 8.83 Å². The molecule has 0 fully saturated rings. The zero-order valence-corrected chi connectivity index (χ0v) is 23.4. The maximum Gasteiger partial charge on any atom is 0.143 e. The Bertz CT molecular complexity index is 2420. The van der Waals surface area contributed by atoms with E-state index in [1.54, 1.807) is 0 Å². The highest BCUT2D eigenvalue weighted by atomic mass is 79.9. The standard InChI is InChI=1S/C38H21BrO2/c39-36-26-14-6-4-12-24(26)33(25-13-5-7-15-27(25)36)28-17-9-19-30-35-32(41-38(28)30)21-20-31-34(35)29-18-8-16-23(37(29)40-31)22-10-2-1-3-11-22/h1-21H. The van der Waals surface area contributed by atoms with Crippen molar-refractivity contribution in [3.8, 4) is 22.3 Å². The van der Waals surface area contributed by atoms with E-state index in [0.717, 1.165) is 65.0 Å². The van der Waals surface area contributed by atoms with Crippen LogP contribution in [0.15, 0.2) is 141 Å². The first-order valence-electron chi connectivity index (χ1n) is 13.7. The van der Waals surface area contributed by atoms with Crippen LogP contribution in [0, 0.1) is 0 Å². The SMILES string of the molecule is Brc1c2ccccc2c(-c2cccc3c2oc2ccc4oc5c(-c6ccccc6)cccc5c4c23)c2ccccc12. The highest BCUT2D eigenvalue weighted by Crippen LogP contribution is 2.47. The van der Waals surface area contributed by atoms with Crippen molar-refractivity contribution < 1.29 is 8.83 Å². The van der Waals surface area contributed by atoms with E-state index >= 15 is 0 Å². The number of para-hydroxylation sites is 2. The van der Waals surface area contributed by atoms with Crippen LogP contribution in [0.1, 0.15) is 0 Å². The predicted octanol–water partition coefficient (Wildman–Crippen LogP) is 11.9. The Kier molecular flexibility index (Phi) is 4.79. The number of benzene rings is 7. The average Bonchev–Trinajstić information content (AvgIpc) is 3.60. The van der Waals surface area contributed by atoms with Gasteiger partial charge in [0.25, 0.3) is 0 Å². The summed E-state index contributed by atoms with van der Waals surface area (Å²) >= 11 is 3.90. The Balaban J connectivity index is 1.41. The topological polar surface area (TPSA) is 26.3 Å². The van der Waals surface area contributed by atoms with Crippen molar-refractivity contribution >= 4 is 81.4 Å². The molecule has 7 aromatic carbocycles. The second kappa shape index (κ2) is 8.57. The molecule has 0 saturated carbocycles. The molecule has 0 atom stereocenters. The van der Waals surface area contributed by atoms with Crippen LogP contribution in [0.2, 0.25) is 0 Å². The molecule has 192 valence electrons. The molecule has 2 nitrogen and oxygen atoms in total. The zero-order chi connectivity index (χ0) is 27.1. The van der Waals surface area contributed by atoms with Gasteiger partial charge in [0, 0.05) is 42.7 Å². The molecule has 9 aromatic rings. The first-order chi connectivity index (χ1) is 20.3. The Morgan fingerprint density at radius 3 is 1.44 bits per heavy atom. The first-order valence-corrected chi connectivity index (χ1v) is 14.5. The van der Waals surface area contributed by atoms with Gasteiger partial charge in [0.2, 0.25) is 0 Å².